The van der Waals surface area contributed by atoms with Gasteiger partial charge in [-0.2, -0.15) is 0 Å². The van der Waals surface area contributed by atoms with Gasteiger partial charge in [0, 0.05) is 0 Å². The molecule has 1 aromatic rings. The summed E-state index contributed by atoms with van der Waals surface area (Å²) in [5.74, 6) is 0. The van der Waals surface area contributed by atoms with E-state index in [1.165, 1.54) is 0 Å². The molecular formula is C28H59NO6Si5. The first-order valence-corrected chi connectivity index (χ1v) is 31.5. The van der Waals surface area contributed by atoms with E-state index in [2.05, 4.69) is 98.2 Å². The van der Waals surface area contributed by atoms with E-state index in [4.69, 9.17) is 32.1 Å². The van der Waals surface area contributed by atoms with Gasteiger partial charge in [-0.05, 0) is 104 Å². The minimum Gasteiger partial charge on any atom is -0.415 e. The Balaban J connectivity index is 3.67. The maximum Gasteiger partial charge on any atom is 0.184 e. The van der Waals surface area contributed by atoms with E-state index in [1.807, 2.05) is 30.3 Å². The number of oxime groups is 1. The van der Waals surface area contributed by atoms with Gasteiger partial charge in [-0.15, -0.1) is 0 Å². The average Bonchev–Trinajstić information content (AvgIpc) is 2.73. The molecule has 0 aromatic heterocycles. The van der Waals surface area contributed by atoms with Gasteiger partial charge in [0.15, 0.2) is 41.6 Å². The monoisotopic (exact) mass is 645 g/mol. The third-order valence-electron chi connectivity index (χ3n) is 5.06. The molecule has 3 unspecified atom stereocenters. The molecule has 0 aliphatic carbocycles. The molecular weight excluding hydrogens is 587 g/mol. The number of hydrogen-bond donors (Lipinski definition) is 0. The second-order valence-corrected chi connectivity index (χ2v) is 37.7. The van der Waals surface area contributed by atoms with Crippen molar-refractivity contribution in [2.24, 2.45) is 5.16 Å². The van der Waals surface area contributed by atoms with Gasteiger partial charge >= 0.3 is 0 Å². The zero-order chi connectivity index (χ0) is 31.0. The number of rotatable bonds is 18. The van der Waals surface area contributed by atoms with Gasteiger partial charge in [0.1, 0.15) is 24.5 Å². The summed E-state index contributed by atoms with van der Waals surface area (Å²) in [6.07, 6.45) is -1.21. The molecule has 0 N–H and O–H groups in total. The zero-order valence-electron chi connectivity index (χ0n) is 28.1. The van der Waals surface area contributed by atoms with Crippen molar-refractivity contribution in [3.05, 3.63) is 35.9 Å². The smallest absolute Gasteiger partial charge is 0.184 e. The van der Waals surface area contributed by atoms with E-state index in [-0.39, 0.29) is 6.10 Å². The van der Waals surface area contributed by atoms with Gasteiger partial charge in [-0.25, -0.2) is 0 Å². The van der Waals surface area contributed by atoms with Crippen molar-refractivity contribution in [1.82, 2.24) is 0 Å². The minimum absolute atomic E-state index is 0.308. The van der Waals surface area contributed by atoms with Crippen LogP contribution in [0, 0.1) is 0 Å². The number of hydrogen-bond acceptors (Lipinski definition) is 7. The molecule has 232 valence electrons. The van der Waals surface area contributed by atoms with E-state index in [9.17, 15) is 0 Å². The summed E-state index contributed by atoms with van der Waals surface area (Å²) < 4.78 is 33.7. The fourth-order valence-electron chi connectivity index (χ4n) is 3.64. The van der Waals surface area contributed by atoms with Crippen LogP contribution in [0.3, 0.4) is 0 Å². The topological polar surface area (TPSA) is 67.7 Å². The molecule has 1 rings (SSSR count). The van der Waals surface area contributed by atoms with Crippen LogP contribution in [0.4, 0.5) is 0 Å². The fourth-order valence-corrected chi connectivity index (χ4v) is 8.12. The predicted octanol–water partition coefficient (Wildman–Crippen LogP) is 7.92. The van der Waals surface area contributed by atoms with Crippen LogP contribution in [-0.2, 0) is 33.6 Å². The van der Waals surface area contributed by atoms with Gasteiger partial charge in [0.2, 0.25) is 0 Å². The lowest BCUT2D eigenvalue weighted by molar-refractivity contribution is -0.0311. The number of nitrogens with zero attached hydrogens (tertiary/aromatic N) is 1. The highest BCUT2D eigenvalue weighted by molar-refractivity contribution is 6.71. The third-order valence-corrected chi connectivity index (χ3v) is 10.1. The lowest BCUT2D eigenvalue weighted by atomic mass is 10.0. The second kappa shape index (κ2) is 15.3. The summed E-state index contributed by atoms with van der Waals surface area (Å²) in [5, 5.41) is 4.72. The molecule has 40 heavy (non-hydrogen) atoms. The van der Waals surface area contributed by atoms with Gasteiger partial charge < -0.3 is 27.0 Å². The molecule has 7 nitrogen and oxygen atoms in total. The Morgan fingerprint density at radius 1 is 0.625 bits per heavy atom. The highest BCUT2D eigenvalue weighted by Crippen LogP contribution is 2.26. The Hall–Kier alpha value is -0.426. The molecule has 0 bridgehead atoms. The van der Waals surface area contributed by atoms with E-state index in [1.54, 1.807) is 0 Å². The Morgan fingerprint density at radius 3 is 1.57 bits per heavy atom. The molecule has 0 heterocycles. The maximum absolute atomic E-state index is 6.98. The van der Waals surface area contributed by atoms with Crippen molar-refractivity contribution in [2.75, 3.05) is 13.2 Å². The highest BCUT2D eigenvalue weighted by Gasteiger charge is 2.43. The van der Waals surface area contributed by atoms with E-state index < -0.39 is 53.8 Å². The third kappa shape index (κ3) is 18.2. The van der Waals surface area contributed by atoms with Crippen LogP contribution in [0.2, 0.25) is 98.2 Å². The highest BCUT2D eigenvalue weighted by atomic mass is 28.4. The summed E-state index contributed by atoms with van der Waals surface area (Å²) in [6, 6.07) is 10.1. The van der Waals surface area contributed by atoms with Crippen LogP contribution in [0.15, 0.2) is 35.5 Å². The molecule has 0 aliphatic rings. The van der Waals surface area contributed by atoms with Crippen LogP contribution in [0.1, 0.15) is 5.56 Å². The summed E-state index contributed by atoms with van der Waals surface area (Å²) in [5.41, 5.74) is 1.76. The molecule has 0 spiro atoms. The molecule has 0 aliphatic heterocycles. The van der Waals surface area contributed by atoms with Crippen LogP contribution in [0.5, 0.6) is 0 Å². The first kappa shape index (κ1) is 37.6. The van der Waals surface area contributed by atoms with Gasteiger partial charge in [-0.3, -0.25) is 0 Å². The molecule has 0 radical (unpaired) electrons. The molecule has 0 fully saturated rings. The zero-order valence-corrected chi connectivity index (χ0v) is 33.1. The summed E-state index contributed by atoms with van der Waals surface area (Å²) in [4.78, 5) is 5.98. The van der Waals surface area contributed by atoms with Gasteiger partial charge in [0.05, 0.1) is 19.3 Å². The summed E-state index contributed by atoms with van der Waals surface area (Å²) in [7, 11) is -9.82. The fraction of sp³-hybridized carbons (Fsp3) is 0.750. The van der Waals surface area contributed by atoms with Crippen LogP contribution >= 0.6 is 0 Å². The summed E-state index contributed by atoms with van der Waals surface area (Å²) >= 11 is 0. The molecule has 0 amide bonds. The lowest BCUT2D eigenvalue weighted by Crippen LogP contribution is -2.58. The predicted molar refractivity (Wildman–Crippen MR) is 182 cm³/mol. The van der Waals surface area contributed by atoms with Crippen molar-refractivity contribution >= 4 is 47.3 Å². The normalized spacial score (nSPS) is 16.5. The first-order chi connectivity index (χ1) is 17.9. The standard InChI is InChI=1S/C28H59NO6Si5/c1-36(2,3)31-22-25(29-30-21-24-19-17-16-18-20-24)27(34-39(10,11)12)28(35-40(13,14)15)26(33-38(7,8)9)23-32-37(4,5)6/h16-20,26-28H,21-23H2,1-15H3/b29-25-. The lowest BCUT2D eigenvalue weighted by Gasteiger charge is -2.42. The first-order valence-electron chi connectivity index (χ1n) is 14.5. The van der Waals surface area contributed by atoms with E-state index >= 15 is 0 Å². The SMILES string of the molecule is C[Si](C)(C)OC/C(=N/OCc1ccccc1)C(O[Si](C)(C)C)C(O[Si](C)(C)C)C(CO[Si](C)(C)C)O[Si](C)(C)C. The minimum atomic E-state index is -2.08. The molecule has 0 saturated heterocycles. The van der Waals surface area contributed by atoms with Crippen molar-refractivity contribution < 1.29 is 27.0 Å². The van der Waals surface area contributed by atoms with Crippen LogP contribution in [0.25, 0.3) is 0 Å². The van der Waals surface area contributed by atoms with Crippen LogP contribution in [-0.4, -0.2) is 78.8 Å². The van der Waals surface area contributed by atoms with Gasteiger partial charge in [-0.1, -0.05) is 35.5 Å². The van der Waals surface area contributed by atoms with Crippen molar-refractivity contribution in [1.29, 1.82) is 0 Å². The Bertz CT molecular complexity index is 899. The van der Waals surface area contributed by atoms with Crippen LogP contribution < -0.4 is 0 Å². The second-order valence-electron chi connectivity index (χ2n) is 15.3. The largest absolute Gasteiger partial charge is 0.415 e. The maximum atomic E-state index is 6.98. The number of benzene rings is 1. The van der Waals surface area contributed by atoms with Crippen molar-refractivity contribution in [3.63, 3.8) is 0 Å². The molecule has 3 atom stereocenters. The van der Waals surface area contributed by atoms with Gasteiger partial charge in [0.25, 0.3) is 0 Å². The molecule has 0 saturated carbocycles. The average molecular weight is 646 g/mol. The Kier molecular flexibility index (Phi) is 14.4. The summed E-state index contributed by atoms with van der Waals surface area (Å²) in [6.45, 7) is 34.1. The van der Waals surface area contributed by atoms with E-state index in [0.29, 0.717) is 25.5 Å². The molecule has 1 aromatic carbocycles. The quantitative estimate of drug-likeness (QED) is 0.0918. The van der Waals surface area contributed by atoms with Crippen molar-refractivity contribution in [2.45, 2.75) is 123 Å². The van der Waals surface area contributed by atoms with Crippen molar-refractivity contribution in [3.8, 4) is 0 Å². The Morgan fingerprint density at radius 2 is 1.12 bits per heavy atom. The molecule has 12 heteroatoms. The Labute approximate surface area is 251 Å². The van der Waals surface area contributed by atoms with E-state index in [0.717, 1.165) is 5.56 Å².